The fraction of sp³-hybridized carbons (Fsp3) is 0.611. The minimum atomic E-state index is -0.0316. The lowest BCUT2D eigenvalue weighted by Crippen LogP contribution is -2.42. The predicted molar refractivity (Wildman–Crippen MR) is 91.2 cm³/mol. The van der Waals surface area contributed by atoms with E-state index in [-0.39, 0.29) is 12.8 Å². The Kier molecular flexibility index (Phi) is 9.12. The van der Waals surface area contributed by atoms with Gasteiger partial charge in [0.25, 0.3) is 0 Å². The molecule has 0 spiro atoms. The molecule has 0 atom stereocenters. The van der Waals surface area contributed by atoms with Crippen molar-refractivity contribution >= 4 is 6.03 Å². The van der Waals surface area contributed by atoms with Crippen molar-refractivity contribution in [3.63, 3.8) is 0 Å². The van der Waals surface area contributed by atoms with Crippen molar-refractivity contribution in [2.24, 2.45) is 0 Å². The van der Waals surface area contributed by atoms with E-state index < -0.39 is 0 Å². The lowest BCUT2D eigenvalue weighted by Gasteiger charge is -2.23. The van der Waals surface area contributed by atoms with Crippen LogP contribution in [-0.4, -0.2) is 30.8 Å². The summed E-state index contributed by atoms with van der Waals surface area (Å²) in [4.78, 5) is 14.1. The van der Waals surface area contributed by atoms with E-state index in [1.807, 2.05) is 29.2 Å². The van der Waals surface area contributed by atoms with E-state index in [2.05, 4.69) is 26.1 Å². The Morgan fingerprint density at radius 1 is 1.09 bits per heavy atom. The second kappa shape index (κ2) is 10.9. The Morgan fingerprint density at radius 2 is 1.73 bits per heavy atom. The van der Waals surface area contributed by atoms with Crippen molar-refractivity contribution in [2.75, 3.05) is 19.8 Å². The monoisotopic (exact) mass is 306 g/mol. The first-order valence-electron chi connectivity index (χ1n) is 8.46. The van der Waals surface area contributed by atoms with Crippen LogP contribution in [0.2, 0.25) is 0 Å². The Labute approximate surface area is 134 Å². The number of ether oxygens (including phenoxy) is 1. The number of carbonyl (C=O) groups excluding carboxylic acids is 1. The van der Waals surface area contributed by atoms with Crippen molar-refractivity contribution in [1.82, 2.24) is 10.2 Å². The van der Waals surface area contributed by atoms with Crippen molar-refractivity contribution in [1.29, 1.82) is 0 Å². The molecule has 0 saturated carbocycles. The maximum atomic E-state index is 12.2. The highest BCUT2D eigenvalue weighted by Crippen LogP contribution is 2.17. The molecule has 4 heteroatoms. The van der Waals surface area contributed by atoms with Crippen LogP contribution in [-0.2, 0) is 6.42 Å². The summed E-state index contributed by atoms with van der Waals surface area (Å²) in [5.74, 6) is 0.846. The van der Waals surface area contributed by atoms with Gasteiger partial charge in [-0.25, -0.2) is 4.79 Å². The predicted octanol–water partition coefficient (Wildman–Crippen LogP) is 4.20. The molecule has 0 aliphatic rings. The van der Waals surface area contributed by atoms with Crippen LogP contribution in [0.1, 0.15) is 52.0 Å². The van der Waals surface area contributed by atoms with Crippen LogP contribution >= 0.6 is 0 Å². The number of urea groups is 1. The second-order valence-corrected chi connectivity index (χ2v) is 5.43. The van der Waals surface area contributed by atoms with Gasteiger partial charge in [0.15, 0.2) is 6.73 Å². The average Bonchev–Trinajstić information content (AvgIpc) is 2.55. The Balaban J connectivity index is 2.44. The molecule has 1 rings (SSSR count). The summed E-state index contributed by atoms with van der Waals surface area (Å²) in [6.07, 6.45) is 5.18. The van der Waals surface area contributed by atoms with Crippen LogP contribution in [0.3, 0.4) is 0 Å². The van der Waals surface area contributed by atoms with Crippen molar-refractivity contribution in [2.45, 2.75) is 52.9 Å². The quantitative estimate of drug-likeness (QED) is 0.658. The van der Waals surface area contributed by atoms with Crippen molar-refractivity contribution in [3.8, 4) is 5.75 Å². The molecule has 1 aromatic rings. The summed E-state index contributed by atoms with van der Waals surface area (Å²) in [6.45, 7) is 8.21. The molecule has 0 bridgehead atoms. The number of rotatable bonds is 10. The highest BCUT2D eigenvalue weighted by atomic mass is 16.5. The highest BCUT2D eigenvalue weighted by molar-refractivity contribution is 5.74. The topological polar surface area (TPSA) is 41.6 Å². The largest absolute Gasteiger partial charge is 0.473 e. The first-order chi connectivity index (χ1) is 10.7. The number of hydrogen-bond acceptors (Lipinski definition) is 2. The molecule has 0 saturated heterocycles. The number of hydrogen-bond donors (Lipinski definition) is 1. The minimum Gasteiger partial charge on any atom is -0.473 e. The zero-order chi connectivity index (χ0) is 16.2. The van der Waals surface area contributed by atoms with Crippen molar-refractivity contribution < 1.29 is 9.53 Å². The van der Waals surface area contributed by atoms with Gasteiger partial charge in [-0.3, -0.25) is 0 Å². The minimum absolute atomic E-state index is 0.0316. The van der Waals surface area contributed by atoms with E-state index in [1.54, 1.807) is 0 Å². The molecule has 0 fully saturated rings. The molecule has 0 aliphatic carbocycles. The number of aryl methyl sites for hydroxylation is 1. The van der Waals surface area contributed by atoms with E-state index in [9.17, 15) is 4.79 Å². The molecule has 2 amide bonds. The maximum absolute atomic E-state index is 12.2. The van der Waals surface area contributed by atoms with E-state index in [0.29, 0.717) is 0 Å². The number of benzene rings is 1. The average molecular weight is 306 g/mol. The van der Waals surface area contributed by atoms with E-state index in [1.165, 1.54) is 0 Å². The first kappa shape index (κ1) is 18.3. The Hall–Kier alpha value is -1.71. The smallest absolute Gasteiger partial charge is 0.320 e. The Bertz CT molecular complexity index is 427. The molecule has 0 aromatic heterocycles. The molecular weight excluding hydrogens is 276 g/mol. The fourth-order valence-electron chi connectivity index (χ4n) is 2.24. The van der Waals surface area contributed by atoms with Crippen LogP contribution in [0.25, 0.3) is 0 Å². The summed E-state index contributed by atoms with van der Waals surface area (Å²) < 4.78 is 5.70. The van der Waals surface area contributed by atoms with Crippen LogP contribution in [0.5, 0.6) is 5.75 Å². The van der Waals surface area contributed by atoms with Crippen LogP contribution in [0, 0.1) is 0 Å². The van der Waals surface area contributed by atoms with Gasteiger partial charge in [-0.05, 0) is 30.9 Å². The normalized spacial score (nSPS) is 10.3. The lowest BCUT2D eigenvalue weighted by molar-refractivity contribution is 0.182. The molecule has 4 nitrogen and oxygen atoms in total. The molecule has 0 heterocycles. The van der Waals surface area contributed by atoms with E-state index >= 15 is 0 Å². The van der Waals surface area contributed by atoms with Gasteiger partial charge < -0.3 is 15.0 Å². The highest BCUT2D eigenvalue weighted by Gasteiger charge is 2.12. The van der Waals surface area contributed by atoms with Gasteiger partial charge in [-0.1, -0.05) is 51.8 Å². The van der Waals surface area contributed by atoms with Gasteiger partial charge in [0.2, 0.25) is 0 Å². The maximum Gasteiger partial charge on any atom is 0.320 e. The second-order valence-electron chi connectivity index (χ2n) is 5.43. The van der Waals surface area contributed by atoms with Gasteiger partial charge in [-0.15, -0.1) is 0 Å². The molecule has 22 heavy (non-hydrogen) atoms. The third-order valence-corrected chi connectivity index (χ3v) is 3.65. The van der Waals surface area contributed by atoms with Gasteiger partial charge >= 0.3 is 6.03 Å². The molecular formula is C18H30N2O2. The number of nitrogens with one attached hydrogen (secondary N) is 1. The van der Waals surface area contributed by atoms with Gasteiger partial charge in [0.05, 0.1) is 0 Å². The number of para-hydroxylation sites is 1. The fourth-order valence-corrected chi connectivity index (χ4v) is 2.24. The zero-order valence-corrected chi connectivity index (χ0v) is 14.2. The molecule has 124 valence electrons. The lowest BCUT2D eigenvalue weighted by atomic mass is 10.1. The third kappa shape index (κ3) is 6.37. The van der Waals surface area contributed by atoms with Crippen molar-refractivity contribution in [3.05, 3.63) is 29.8 Å². The molecule has 0 aliphatic heterocycles. The first-order valence-corrected chi connectivity index (χ1v) is 8.46. The van der Waals surface area contributed by atoms with Gasteiger partial charge in [-0.2, -0.15) is 0 Å². The number of unbranched alkanes of at least 4 members (excludes halogenated alkanes) is 2. The summed E-state index contributed by atoms with van der Waals surface area (Å²) in [5, 5.41) is 2.87. The molecule has 1 N–H and O–H groups in total. The molecule has 0 radical (unpaired) electrons. The van der Waals surface area contributed by atoms with Gasteiger partial charge in [0, 0.05) is 13.1 Å². The van der Waals surface area contributed by atoms with Gasteiger partial charge in [0.1, 0.15) is 5.75 Å². The standard InChI is InChI=1S/C18H30N2O2/c1-4-7-13-20(14-8-5-2)18(21)19-15-22-17-12-10-9-11-16(17)6-3/h9-12H,4-8,13-15H2,1-3H3,(H,19,21). The molecule has 0 unspecified atom stereocenters. The summed E-state index contributed by atoms with van der Waals surface area (Å²) in [5.41, 5.74) is 1.16. The van der Waals surface area contributed by atoms with E-state index in [0.717, 1.165) is 56.5 Å². The SMILES string of the molecule is CCCCN(CCCC)C(=O)NCOc1ccccc1CC. The van der Waals surface area contributed by atoms with E-state index in [4.69, 9.17) is 4.74 Å². The Morgan fingerprint density at radius 3 is 2.32 bits per heavy atom. The number of carbonyl (C=O) groups is 1. The van der Waals surface area contributed by atoms with Crippen LogP contribution < -0.4 is 10.1 Å². The van der Waals surface area contributed by atoms with Crippen LogP contribution in [0.4, 0.5) is 4.79 Å². The summed E-state index contributed by atoms with van der Waals surface area (Å²) >= 11 is 0. The number of amides is 2. The zero-order valence-electron chi connectivity index (χ0n) is 14.2. The van der Waals surface area contributed by atoms with Crippen LogP contribution in [0.15, 0.2) is 24.3 Å². The summed E-state index contributed by atoms with van der Waals surface area (Å²) in [6, 6.07) is 7.91. The third-order valence-electron chi connectivity index (χ3n) is 3.65. The number of nitrogens with zero attached hydrogens (tertiary/aromatic N) is 1. The summed E-state index contributed by atoms with van der Waals surface area (Å²) in [7, 11) is 0. The molecule has 1 aromatic carbocycles.